The number of aromatic hydroxyl groups is 2. The highest BCUT2D eigenvalue weighted by molar-refractivity contribution is 6.35. The third kappa shape index (κ3) is 6.84. The van der Waals surface area contributed by atoms with Crippen molar-refractivity contribution in [1.29, 1.82) is 0 Å². The molecule has 2 aliphatic carbocycles. The van der Waals surface area contributed by atoms with E-state index >= 15 is 0 Å². The maximum absolute atomic E-state index is 14.0. The highest BCUT2D eigenvalue weighted by Gasteiger charge is 2.38. The molecule has 0 fully saturated rings. The summed E-state index contributed by atoms with van der Waals surface area (Å²) in [5, 5.41) is 53.8. The van der Waals surface area contributed by atoms with Gasteiger partial charge < -0.3 is 50.0 Å². The fraction of sp³-hybridized carbons (Fsp3) is 0.261. The Kier molecular flexibility index (Phi) is 11.2. The number of hydrogen-bond donors (Lipinski definition) is 6. The van der Waals surface area contributed by atoms with Crippen LogP contribution >= 0.6 is 0 Å². The van der Waals surface area contributed by atoms with Crippen LogP contribution in [0.2, 0.25) is 0 Å². The molecular weight excluding hydrogens is 741 g/mol. The topological polar surface area (TPSA) is 176 Å². The number of carbonyl (C=O) groups excluding carboxylic acids is 2. The lowest BCUT2D eigenvalue weighted by Gasteiger charge is -2.29. The molecule has 0 saturated heterocycles. The summed E-state index contributed by atoms with van der Waals surface area (Å²) < 4.78 is 21.7. The average molecular weight is 789 g/mol. The second kappa shape index (κ2) is 16.0. The zero-order valence-electron chi connectivity index (χ0n) is 34.2. The van der Waals surface area contributed by atoms with Crippen molar-refractivity contribution in [3.63, 3.8) is 0 Å². The number of anilines is 2. The summed E-state index contributed by atoms with van der Waals surface area (Å²) in [6.07, 6.45) is 2.80. The van der Waals surface area contributed by atoms with Crippen LogP contribution in [0.1, 0.15) is 61.1 Å². The van der Waals surface area contributed by atoms with Crippen LogP contribution in [0.25, 0.3) is 33.4 Å². The first-order valence-corrected chi connectivity index (χ1v) is 18.7. The average Bonchev–Trinajstić information content (AvgIpc) is 3.19. The van der Waals surface area contributed by atoms with Crippen LogP contribution in [0.5, 0.6) is 34.5 Å². The first-order chi connectivity index (χ1) is 27.6. The summed E-state index contributed by atoms with van der Waals surface area (Å²) in [6.45, 7) is 10.9. The number of rotatable bonds is 11. The number of aryl methyl sites for hydroxylation is 2. The van der Waals surface area contributed by atoms with Gasteiger partial charge in [0.25, 0.3) is 0 Å². The number of Topliss-reactive ketones (excluding diaryl/α,β-unsaturated/α-hetero) is 2. The fourth-order valence-electron chi connectivity index (χ4n) is 7.76. The van der Waals surface area contributed by atoms with Crippen LogP contribution in [-0.2, 0) is 9.59 Å². The second-order valence-electron chi connectivity index (χ2n) is 14.7. The molecule has 2 aliphatic rings. The smallest absolute Gasteiger partial charge is 0.229 e. The van der Waals surface area contributed by atoms with Crippen molar-refractivity contribution in [2.24, 2.45) is 11.8 Å². The minimum absolute atomic E-state index is 0.0352. The molecule has 0 atom stereocenters. The minimum Gasteiger partial charge on any atom is -0.507 e. The Morgan fingerprint density at radius 2 is 0.897 bits per heavy atom. The summed E-state index contributed by atoms with van der Waals surface area (Å²) in [6, 6.07) is 13.7. The van der Waals surface area contributed by atoms with E-state index in [0.717, 1.165) is 0 Å². The molecule has 0 bridgehead atoms. The summed E-state index contributed by atoms with van der Waals surface area (Å²) in [5.41, 5.74) is 4.25. The Bertz CT molecular complexity index is 2330. The predicted octanol–water partition coefficient (Wildman–Crippen LogP) is 9.34. The maximum Gasteiger partial charge on any atom is 0.229 e. The lowest BCUT2D eigenvalue weighted by Crippen LogP contribution is -2.20. The van der Waals surface area contributed by atoms with E-state index in [1.807, 2.05) is 27.7 Å². The molecule has 0 aliphatic heterocycles. The maximum atomic E-state index is 14.0. The second-order valence-corrected chi connectivity index (χ2v) is 14.7. The number of phenols is 2. The molecule has 12 heteroatoms. The fourth-order valence-corrected chi connectivity index (χ4v) is 7.76. The highest BCUT2D eigenvalue weighted by atomic mass is 16.5. The Morgan fingerprint density at radius 3 is 1.21 bits per heavy atom. The zero-order valence-corrected chi connectivity index (χ0v) is 34.2. The quantitative estimate of drug-likeness (QED) is 0.0796. The number of ketones is 2. The number of phenolic OH excluding ortho intramolecular Hbond substituents is 2. The van der Waals surface area contributed by atoms with E-state index < -0.39 is 23.1 Å². The number of aliphatic hydroxyl groups excluding tert-OH is 2. The van der Waals surface area contributed by atoms with Crippen LogP contribution in [0, 0.1) is 25.7 Å². The monoisotopic (exact) mass is 788 g/mol. The van der Waals surface area contributed by atoms with Gasteiger partial charge in [0, 0.05) is 57.9 Å². The number of methoxy groups -OCH3 is 4. The molecule has 58 heavy (non-hydrogen) atoms. The lowest BCUT2D eigenvalue weighted by molar-refractivity contribution is -0.113. The number of nitrogens with one attached hydrogen (secondary N) is 2. The van der Waals surface area contributed by atoms with Gasteiger partial charge in [-0.2, -0.15) is 0 Å². The molecule has 4 aromatic carbocycles. The third-order valence-corrected chi connectivity index (χ3v) is 10.5. The Balaban J connectivity index is 1.61. The first-order valence-electron chi connectivity index (χ1n) is 18.7. The van der Waals surface area contributed by atoms with Gasteiger partial charge in [-0.05, 0) is 72.2 Å². The van der Waals surface area contributed by atoms with Crippen molar-refractivity contribution in [2.45, 2.75) is 41.5 Å². The number of benzene rings is 4. The Hall–Kier alpha value is -6.82. The van der Waals surface area contributed by atoms with Crippen molar-refractivity contribution in [1.82, 2.24) is 0 Å². The molecule has 4 aromatic rings. The van der Waals surface area contributed by atoms with E-state index in [9.17, 15) is 30.0 Å². The van der Waals surface area contributed by atoms with Gasteiger partial charge in [-0.25, -0.2) is 0 Å². The van der Waals surface area contributed by atoms with Crippen LogP contribution in [0.3, 0.4) is 0 Å². The summed E-state index contributed by atoms with van der Waals surface area (Å²) in [7, 11) is 6.05. The molecule has 0 heterocycles. The van der Waals surface area contributed by atoms with Crippen molar-refractivity contribution in [3.05, 3.63) is 106 Å². The van der Waals surface area contributed by atoms with Crippen molar-refractivity contribution in [2.75, 3.05) is 39.1 Å². The Morgan fingerprint density at radius 1 is 0.534 bits per heavy atom. The van der Waals surface area contributed by atoms with Gasteiger partial charge in [0.1, 0.15) is 34.5 Å². The van der Waals surface area contributed by atoms with Crippen LogP contribution < -0.4 is 29.6 Å². The number of allylic oxidation sites excluding steroid dienone is 4. The highest BCUT2D eigenvalue weighted by Crippen LogP contribution is 2.54. The zero-order chi connectivity index (χ0) is 42.3. The number of ether oxygens (including phenoxy) is 4. The largest absolute Gasteiger partial charge is 0.507 e. The third-order valence-electron chi connectivity index (χ3n) is 10.5. The molecule has 0 amide bonds. The van der Waals surface area contributed by atoms with E-state index in [1.54, 1.807) is 62.4 Å². The van der Waals surface area contributed by atoms with Gasteiger partial charge in [-0.3, -0.25) is 9.59 Å². The molecule has 0 saturated carbocycles. The summed E-state index contributed by atoms with van der Waals surface area (Å²) in [5.74, 6) is -1.65. The SMILES string of the molecule is COc1ccc(N/C=C2\C(=O)C(O)=C(C(C)C)c3cc(C)c(-c4c(C)cc5c(c4O)/C(=C\Nc4ccc(OC)cc4OC)C(=O)C(O)=C5C(C)C)c(O)c32)c(OC)c1. The van der Waals surface area contributed by atoms with E-state index in [-0.39, 0.29) is 56.7 Å². The molecule has 0 unspecified atom stereocenters. The number of fused-ring (bicyclic) bond motifs is 2. The predicted molar refractivity (Wildman–Crippen MR) is 226 cm³/mol. The van der Waals surface area contributed by atoms with Crippen LogP contribution in [0.15, 0.2) is 72.4 Å². The standard InChI is InChI=1S/C46H48N2O10/c1-21(2)35-27-15-23(5)37(43(51)39(27)29(41(49)45(35)53)19-47-31-13-11-25(55-7)17-33(31)57-9)38-24(6)16-28-36(22(3)4)46(54)42(50)30(40(28)44(38)52)20-48-32-14-12-26(56-8)18-34(32)58-10/h11-22,47-48,51-54H,1-10H3/b29-19-,30-20+. The number of hydrogen-bond acceptors (Lipinski definition) is 12. The van der Waals surface area contributed by atoms with Crippen molar-refractivity contribution in [3.8, 4) is 45.6 Å². The summed E-state index contributed by atoms with van der Waals surface area (Å²) >= 11 is 0. The van der Waals surface area contributed by atoms with Gasteiger partial charge in [-0.15, -0.1) is 0 Å². The minimum atomic E-state index is -0.717. The molecule has 0 radical (unpaired) electrons. The number of carbonyl (C=O) groups is 2. The lowest BCUT2D eigenvalue weighted by atomic mass is 9.75. The van der Waals surface area contributed by atoms with Gasteiger partial charge in [-0.1, -0.05) is 39.8 Å². The normalized spacial score (nSPS) is 15.3. The van der Waals surface area contributed by atoms with Crippen LogP contribution in [-0.4, -0.2) is 60.4 Å². The van der Waals surface area contributed by atoms with E-state index in [0.29, 0.717) is 67.8 Å². The van der Waals surface area contributed by atoms with Gasteiger partial charge in [0.15, 0.2) is 11.5 Å². The van der Waals surface area contributed by atoms with Crippen molar-refractivity contribution < 1.29 is 49.0 Å². The molecule has 12 nitrogen and oxygen atoms in total. The molecule has 302 valence electrons. The van der Waals surface area contributed by atoms with Crippen molar-refractivity contribution >= 4 is 45.2 Å². The van der Waals surface area contributed by atoms with E-state index in [1.165, 1.54) is 40.8 Å². The Labute approximate surface area is 337 Å². The van der Waals surface area contributed by atoms with E-state index in [4.69, 9.17) is 18.9 Å². The number of aliphatic hydroxyl groups is 2. The molecule has 6 rings (SSSR count). The van der Waals surface area contributed by atoms with E-state index in [2.05, 4.69) is 10.6 Å². The van der Waals surface area contributed by atoms with Gasteiger partial charge in [0.05, 0.1) is 51.0 Å². The van der Waals surface area contributed by atoms with Gasteiger partial charge in [0.2, 0.25) is 11.6 Å². The molecule has 6 N–H and O–H groups in total. The first kappa shape index (κ1) is 40.8. The molecule has 0 aromatic heterocycles. The summed E-state index contributed by atoms with van der Waals surface area (Å²) in [4.78, 5) is 28.1. The molecule has 0 spiro atoms. The molecular formula is C46H48N2O10. The van der Waals surface area contributed by atoms with Crippen LogP contribution in [0.4, 0.5) is 11.4 Å². The van der Waals surface area contributed by atoms with Gasteiger partial charge >= 0.3 is 0 Å².